The van der Waals surface area contributed by atoms with E-state index in [4.69, 9.17) is 34.8 Å². The molecule has 0 atom stereocenters. The first-order valence-corrected chi connectivity index (χ1v) is 7.12. The highest BCUT2D eigenvalue weighted by Crippen LogP contribution is 2.34. The monoisotopic (exact) mass is 340 g/mol. The number of hydrogen-bond donors (Lipinski definition) is 0. The zero-order valence-electron chi connectivity index (χ0n) is 9.03. The quantitative estimate of drug-likeness (QED) is 0.461. The summed E-state index contributed by atoms with van der Waals surface area (Å²) < 4.78 is 0. The summed E-state index contributed by atoms with van der Waals surface area (Å²) in [6.45, 7) is 4.25. The maximum Gasteiger partial charge on any atom is 0.0679 e. The van der Waals surface area contributed by atoms with Crippen molar-refractivity contribution in [2.45, 2.75) is 13.8 Å². The van der Waals surface area contributed by atoms with Crippen LogP contribution >= 0.6 is 50.7 Å². The second-order valence-corrected chi connectivity index (χ2v) is 5.52. The molecule has 0 radical (unpaired) electrons. The van der Waals surface area contributed by atoms with E-state index in [2.05, 4.69) is 29.8 Å². The predicted molar refractivity (Wildman–Crippen MR) is 78.1 cm³/mol. The molecule has 1 rings (SSSR count). The van der Waals surface area contributed by atoms with Gasteiger partial charge in [-0.15, -0.1) is 0 Å². The van der Waals surface area contributed by atoms with E-state index in [0.29, 0.717) is 21.0 Å². The SMILES string of the molecule is CC(C)/C(=C/c1c(Cl)ccc(Cl)c1Cl)CBr. The Morgan fingerprint density at radius 2 is 1.81 bits per heavy atom. The minimum Gasteiger partial charge on any atom is -0.0880 e. The van der Waals surface area contributed by atoms with Gasteiger partial charge < -0.3 is 0 Å². The minimum atomic E-state index is 0.436. The molecule has 4 heteroatoms. The highest BCUT2D eigenvalue weighted by molar-refractivity contribution is 9.09. The molecule has 0 fully saturated rings. The molecule has 0 unspecified atom stereocenters. The second kappa shape index (κ2) is 6.30. The fourth-order valence-corrected chi connectivity index (χ4v) is 2.67. The highest BCUT2D eigenvalue weighted by atomic mass is 79.9. The number of halogens is 4. The van der Waals surface area contributed by atoms with E-state index in [1.165, 1.54) is 5.57 Å². The van der Waals surface area contributed by atoms with Crippen molar-refractivity contribution in [3.8, 4) is 0 Å². The van der Waals surface area contributed by atoms with Gasteiger partial charge in [0.05, 0.1) is 10.0 Å². The van der Waals surface area contributed by atoms with Gasteiger partial charge in [0.2, 0.25) is 0 Å². The summed E-state index contributed by atoms with van der Waals surface area (Å²) >= 11 is 21.6. The smallest absolute Gasteiger partial charge is 0.0679 e. The van der Waals surface area contributed by atoms with Crippen molar-refractivity contribution in [3.05, 3.63) is 38.3 Å². The molecule has 16 heavy (non-hydrogen) atoms. The first-order valence-electron chi connectivity index (χ1n) is 4.87. The van der Waals surface area contributed by atoms with Crippen LogP contribution in [0.4, 0.5) is 0 Å². The van der Waals surface area contributed by atoms with E-state index >= 15 is 0 Å². The van der Waals surface area contributed by atoms with Gasteiger partial charge in [-0.2, -0.15) is 0 Å². The van der Waals surface area contributed by atoms with E-state index in [-0.39, 0.29) is 0 Å². The fourth-order valence-electron chi connectivity index (χ4n) is 1.22. The third-order valence-electron chi connectivity index (χ3n) is 2.31. The van der Waals surface area contributed by atoms with Gasteiger partial charge >= 0.3 is 0 Å². The summed E-state index contributed by atoms with van der Waals surface area (Å²) in [4.78, 5) is 0. The molecule has 0 aliphatic rings. The topological polar surface area (TPSA) is 0 Å². The number of benzene rings is 1. The molecule has 1 aromatic rings. The van der Waals surface area contributed by atoms with Crippen LogP contribution in [0.25, 0.3) is 6.08 Å². The molecule has 88 valence electrons. The number of alkyl halides is 1. The molecule has 0 heterocycles. The molecule has 1 aromatic carbocycles. The van der Waals surface area contributed by atoms with E-state index in [0.717, 1.165) is 10.9 Å². The molecule has 0 spiro atoms. The molecule has 0 amide bonds. The molecule has 0 bridgehead atoms. The van der Waals surface area contributed by atoms with E-state index < -0.39 is 0 Å². The van der Waals surface area contributed by atoms with E-state index in [1.54, 1.807) is 12.1 Å². The molecule has 0 N–H and O–H groups in total. The van der Waals surface area contributed by atoms with Gasteiger partial charge in [0.1, 0.15) is 0 Å². The Kier molecular flexibility index (Phi) is 5.66. The second-order valence-electron chi connectivity index (χ2n) is 3.76. The highest BCUT2D eigenvalue weighted by Gasteiger charge is 2.09. The fraction of sp³-hybridized carbons (Fsp3) is 0.333. The largest absolute Gasteiger partial charge is 0.0880 e. The Morgan fingerprint density at radius 1 is 1.25 bits per heavy atom. The normalized spacial score (nSPS) is 12.3. The third kappa shape index (κ3) is 3.40. The standard InChI is InChI=1S/C12H12BrCl3/c1-7(2)8(6-13)5-9-10(14)3-4-11(15)12(9)16/h3-5,7H,6H2,1-2H3/b8-5+. The summed E-state index contributed by atoms with van der Waals surface area (Å²) in [7, 11) is 0. The molecular formula is C12H12BrCl3. The summed E-state index contributed by atoms with van der Waals surface area (Å²) in [5.41, 5.74) is 2.02. The maximum atomic E-state index is 6.13. The van der Waals surface area contributed by atoms with Crippen LogP contribution < -0.4 is 0 Å². The molecule has 0 nitrogen and oxygen atoms in total. The van der Waals surface area contributed by atoms with Gasteiger partial charge in [0, 0.05) is 15.9 Å². The van der Waals surface area contributed by atoms with Crippen LogP contribution in [0.1, 0.15) is 19.4 Å². The number of hydrogen-bond acceptors (Lipinski definition) is 0. The molecule has 0 saturated heterocycles. The minimum absolute atomic E-state index is 0.436. The van der Waals surface area contributed by atoms with Crippen molar-refractivity contribution in [3.63, 3.8) is 0 Å². The average molecular weight is 342 g/mol. The molecule has 0 aliphatic heterocycles. The Morgan fingerprint density at radius 3 is 2.31 bits per heavy atom. The van der Waals surface area contributed by atoms with Crippen molar-refractivity contribution in [2.75, 3.05) is 5.33 Å². The average Bonchev–Trinajstić information content (AvgIpc) is 2.23. The maximum absolute atomic E-state index is 6.13. The lowest BCUT2D eigenvalue weighted by Gasteiger charge is -2.10. The van der Waals surface area contributed by atoms with Crippen LogP contribution in [0, 0.1) is 5.92 Å². The first-order chi connectivity index (χ1) is 7.47. The van der Waals surface area contributed by atoms with Gasteiger partial charge in [0.15, 0.2) is 0 Å². The lowest BCUT2D eigenvalue weighted by molar-refractivity contribution is 0.781. The van der Waals surface area contributed by atoms with Gasteiger partial charge in [-0.05, 0) is 18.1 Å². The lowest BCUT2D eigenvalue weighted by atomic mass is 10.0. The lowest BCUT2D eigenvalue weighted by Crippen LogP contribution is -1.95. The molecule has 0 saturated carbocycles. The summed E-state index contributed by atoms with van der Waals surface area (Å²) in [6.07, 6.45) is 2.00. The Bertz CT molecular complexity index is 411. The van der Waals surface area contributed by atoms with Gasteiger partial charge in [0.25, 0.3) is 0 Å². The number of rotatable bonds is 3. The van der Waals surface area contributed by atoms with Crippen molar-refractivity contribution in [2.24, 2.45) is 5.92 Å². The van der Waals surface area contributed by atoms with Crippen LogP contribution in [0.2, 0.25) is 15.1 Å². The summed E-state index contributed by atoms with van der Waals surface area (Å²) in [6, 6.07) is 3.46. The Hall–Kier alpha value is 0.310. The molecular weight excluding hydrogens is 330 g/mol. The molecule has 0 aliphatic carbocycles. The van der Waals surface area contributed by atoms with E-state index in [1.807, 2.05) is 6.08 Å². The van der Waals surface area contributed by atoms with E-state index in [9.17, 15) is 0 Å². The zero-order chi connectivity index (χ0) is 12.3. The van der Waals surface area contributed by atoms with Crippen molar-refractivity contribution >= 4 is 56.8 Å². The van der Waals surface area contributed by atoms with Crippen molar-refractivity contribution < 1.29 is 0 Å². The first kappa shape index (κ1) is 14.4. The van der Waals surface area contributed by atoms with Crippen LogP contribution in [0.5, 0.6) is 0 Å². The van der Waals surface area contributed by atoms with Crippen LogP contribution in [-0.2, 0) is 0 Å². The third-order valence-corrected chi connectivity index (χ3v) is 4.10. The van der Waals surface area contributed by atoms with Gasteiger partial charge in [-0.3, -0.25) is 0 Å². The Labute approximate surface area is 120 Å². The Balaban J connectivity index is 3.28. The number of allylic oxidation sites excluding steroid dienone is 1. The van der Waals surface area contributed by atoms with Gasteiger partial charge in [-0.1, -0.05) is 76.2 Å². The van der Waals surface area contributed by atoms with Crippen LogP contribution in [-0.4, -0.2) is 5.33 Å². The van der Waals surface area contributed by atoms with Crippen LogP contribution in [0.15, 0.2) is 17.7 Å². The predicted octanol–water partition coefficient (Wildman–Crippen LogP) is 6.08. The summed E-state index contributed by atoms with van der Waals surface area (Å²) in [5.74, 6) is 0.436. The molecule has 0 aromatic heterocycles. The van der Waals surface area contributed by atoms with Crippen molar-refractivity contribution in [1.29, 1.82) is 0 Å². The van der Waals surface area contributed by atoms with Crippen LogP contribution in [0.3, 0.4) is 0 Å². The van der Waals surface area contributed by atoms with Gasteiger partial charge in [-0.25, -0.2) is 0 Å². The summed E-state index contributed by atoms with van der Waals surface area (Å²) in [5, 5.41) is 2.45. The van der Waals surface area contributed by atoms with Crippen molar-refractivity contribution in [1.82, 2.24) is 0 Å². The zero-order valence-corrected chi connectivity index (χ0v) is 12.9.